The largest absolute Gasteiger partial charge is 0.496 e. The minimum atomic E-state index is 0.0789. The molecule has 1 aromatic heterocycles. The third kappa shape index (κ3) is 4.79. The minimum absolute atomic E-state index is 0.0789. The smallest absolute Gasteiger partial charge is 0.220 e. The molecule has 2 aromatic carbocycles. The first-order valence-corrected chi connectivity index (χ1v) is 9.31. The lowest BCUT2D eigenvalue weighted by molar-refractivity contribution is -0.121. The molecule has 0 atom stereocenters. The van der Waals surface area contributed by atoms with Gasteiger partial charge in [-0.15, -0.1) is 11.3 Å². The molecule has 1 N–H and O–H groups in total. The van der Waals surface area contributed by atoms with E-state index in [1.54, 1.807) is 18.4 Å². The highest BCUT2D eigenvalue weighted by atomic mass is 32.1. The van der Waals surface area contributed by atoms with Crippen LogP contribution in [0.15, 0.2) is 48.5 Å². The van der Waals surface area contributed by atoms with E-state index >= 15 is 0 Å². The van der Waals surface area contributed by atoms with Crippen LogP contribution in [0.5, 0.6) is 5.75 Å². The van der Waals surface area contributed by atoms with Crippen molar-refractivity contribution in [1.82, 2.24) is 10.3 Å². The van der Waals surface area contributed by atoms with Crippen LogP contribution in [0.1, 0.15) is 29.8 Å². The lowest BCUT2D eigenvalue weighted by Gasteiger charge is -2.09. The highest BCUT2D eigenvalue weighted by molar-refractivity contribution is 7.18. The molecule has 0 spiro atoms. The maximum absolute atomic E-state index is 12.0. The van der Waals surface area contributed by atoms with Gasteiger partial charge in [-0.2, -0.15) is 0 Å². The first-order chi connectivity index (χ1) is 12.3. The van der Waals surface area contributed by atoms with E-state index in [1.165, 1.54) is 4.70 Å². The predicted molar refractivity (Wildman–Crippen MR) is 102 cm³/mol. The van der Waals surface area contributed by atoms with Crippen molar-refractivity contribution in [2.75, 3.05) is 7.11 Å². The highest BCUT2D eigenvalue weighted by Gasteiger charge is 2.06. The third-order valence-electron chi connectivity index (χ3n) is 4.05. The van der Waals surface area contributed by atoms with Gasteiger partial charge in [-0.25, -0.2) is 4.98 Å². The zero-order valence-corrected chi connectivity index (χ0v) is 15.1. The molecule has 3 aromatic rings. The van der Waals surface area contributed by atoms with Gasteiger partial charge in [0.05, 0.1) is 22.3 Å². The number of carbonyl (C=O) groups excluding carboxylic acids is 1. The zero-order chi connectivity index (χ0) is 17.5. The lowest BCUT2D eigenvalue weighted by Crippen LogP contribution is -2.22. The Labute approximate surface area is 151 Å². The van der Waals surface area contributed by atoms with Crippen LogP contribution in [0.3, 0.4) is 0 Å². The number of fused-ring (bicyclic) bond motifs is 1. The molecule has 25 heavy (non-hydrogen) atoms. The monoisotopic (exact) mass is 354 g/mol. The Morgan fingerprint density at radius 3 is 2.76 bits per heavy atom. The molecule has 0 aliphatic heterocycles. The van der Waals surface area contributed by atoms with Crippen LogP contribution in [-0.4, -0.2) is 18.0 Å². The Morgan fingerprint density at radius 2 is 1.92 bits per heavy atom. The summed E-state index contributed by atoms with van der Waals surface area (Å²) in [5.74, 6) is 0.883. The number of para-hydroxylation sites is 2. The number of nitrogens with one attached hydrogen (secondary N) is 1. The molecule has 3 rings (SSSR count). The number of carbonyl (C=O) groups is 1. The molecule has 130 valence electrons. The number of thiazole rings is 1. The number of hydrogen-bond acceptors (Lipinski definition) is 4. The van der Waals surface area contributed by atoms with Crippen molar-refractivity contribution in [2.24, 2.45) is 0 Å². The molecule has 1 heterocycles. The van der Waals surface area contributed by atoms with Gasteiger partial charge < -0.3 is 10.1 Å². The number of amides is 1. The van der Waals surface area contributed by atoms with Crippen molar-refractivity contribution in [1.29, 1.82) is 0 Å². The van der Waals surface area contributed by atoms with Crippen LogP contribution in [0.4, 0.5) is 0 Å². The number of aromatic nitrogens is 1. The molecule has 0 bridgehead atoms. The van der Waals surface area contributed by atoms with Crippen molar-refractivity contribution in [3.8, 4) is 5.75 Å². The summed E-state index contributed by atoms with van der Waals surface area (Å²) in [4.78, 5) is 16.6. The van der Waals surface area contributed by atoms with Crippen molar-refractivity contribution >= 4 is 27.5 Å². The van der Waals surface area contributed by atoms with Gasteiger partial charge in [0.15, 0.2) is 0 Å². The van der Waals surface area contributed by atoms with E-state index in [0.29, 0.717) is 13.0 Å². The van der Waals surface area contributed by atoms with E-state index in [1.807, 2.05) is 42.5 Å². The Balaban J connectivity index is 1.39. The Morgan fingerprint density at radius 1 is 1.12 bits per heavy atom. The molecule has 0 radical (unpaired) electrons. The second-order valence-corrected chi connectivity index (χ2v) is 6.99. The lowest BCUT2D eigenvalue weighted by atomic mass is 10.1. The van der Waals surface area contributed by atoms with E-state index in [2.05, 4.69) is 16.4 Å². The minimum Gasteiger partial charge on any atom is -0.496 e. The average Bonchev–Trinajstić information content (AvgIpc) is 3.06. The second kappa shape index (κ2) is 8.62. The van der Waals surface area contributed by atoms with Gasteiger partial charge in [-0.3, -0.25) is 4.79 Å². The van der Waals surface area contributed by atoms with Gasteiger partial charge in [0.1, 0.15) is 5.75 Å². The molecule has 1 amide bonds. The van der Waals surface area contributed by atoms with Crippen LogP contribution in [0.25, 0.3) is 10.2 Å². The van der Waals surface area contributed by atoms with E-state index in [-0.39, 0.29) is 5.91 Å². The maximum Gasteiger partial charge on any atom is 0.220 e. The molecule has 0 unspecified atom stereocenters. The first-order valence-electron chi connectivity index (χ1n) is 8.49. The fourth-order valence-corrected chi connectivity index (χ4v) is 3.73. The summed E-state index contributed by atoms with van der Waals surface area (Å²) >= 11 is 1.74. The number of unbranched alkanes of at least 4 members (excludes halogenated alkanes) is 1. The summed E-state index contributed by atoms with van der Waals surface area (Å²) < 4.78 is 6.52. The summed E-state index contributed by atoms with van der Waals surface area (Å²) in [5.41, 5.74) is 2.06. The number of aryl methyl sites for hydroxylation is 1. The summed E-state index contributed by atoms with van der Waals surface area (Å²) in [7, 11) is 1.64. The normalized spacial score (nSPS) is 10.8. The van der Waals surface area contributed by atoms with Crippen LogP contribution >= 0.6 is 11.3 Å². The van der Waals surface area contributed by atoms with Crippen LogP contribution in [0, 0.1) is 0 Å². The molecule has 0 saturated carbocycles. The molecular formula is C20H22N2O2S. The molecule has 4 nitrogen and oxygen atoms in total. The van der Waals surface area contributed by atoms with Gasteiger partial charge in [0, 0.05) is 18.5 Å². The van der Waals surface area contributed by atoms with Crippen LogP contribution in [0.2, 0.25) is 0 Å². The second-order valence-electron chi connectivity index (χ2n) is 5.87. The van der Waals surface area contributed by atoms with Crippen LogP contribution < -0.4 is 10.1 Å². The van der Waals surface area contributed by atoms with Gasteiger partial charge in [0.2, 0.25) is 5.91 Å². The zero-order valence-electron chi connectivity index (χ0n) is 14.3. The van der Waals surface area contributed by atoms with Gasteiger partial charge in [-0.1, -0.05) is 30.3 Å². The molecule has 0 aliphatic rings. The van der Waals surface area contributed by atoms with E-state index < -0.39 is 0 Å². The Bertz CT molecular complexity index is 811. The van der Waals surface area contributed by atoms with Gasteiger partial charge >= 0.3 is 0 Å². The van der Waals surface area contributed by atoms with Crippen molar-refractivity contribution in [3.63, 3.8) is 0 Å². The van der Waals surface area contributed by atoms with E-state index in [9.17, 15) is 4.79 Å². The topological polar surface area (TPSA) is 51.2 Å². The summed E-state index contributed by atoms with van der Waals surface area (Å²) in [6.45, 7) is 0.501. The SMILES string of the molecule is COc1ccccc1CNC(=O)CCCCc1nc2ccccc2s1. The van der Waals surface area contributed by atoms with Crippen molar-refractivity contribution in [2.45, 2.75) is 32.2 Å². The summed E-state index contributed by atoms with van der Waals surface area (Å²) in [6, 6.07) is 15.9. The number of methoxy groups -OCH3 is 1. The number of ether oxygens (including phenoxy) is 1. The standard InChI is InChI=1S/C20H22N2O2S/c1-24-17-10-4-2-8-15(17)14-21-19(23)12-6-7-13-20-22-16-9-3-5-11-18(16)25-20/h2-5,8-11H,6-7,12-14H2,1H3,(H,21,23). The molecular weight excluding hydrogens is 332 g/mol. The highest BCUT2D eigenvalue weighted by Crippen LogP contribution is 2.23. The predicted octanol–water partition coefficient (Wildman–Crippen LogP) is 4.33. The number of hydrogen-bond donors (Lipinski definition) is 1. The van der Waals surface area contributed by atoms with Crippen LogP contribution in [-0.2, 0) is 17.8 Å². The molecule has 0 saturated heterocycles. The van der Waals surface area contributed by atoms with Crippen molar-refractivity contribution < 1.29 is 9.53 Å². The molecule has 0 fully saturated rings. The van der Waals surface area contributed by atoms with Gasteiger partial charge in [-0.05, 0) is 37.5 Å². The third-order valence-corrected chi connectivity index (χ3v) is 5.15. The average molecular weight is 354 g/mol. The summed E-state index contributed by atoms with van der Waals surface area (Å²) in [6.07, 6.45) is 3.31. The fraction of sp³-hybridized carbons (Fsp3) is 0.300. The van der Waals surface area contributed by atoms with E-state index in [0.717, 1.165) is 41.1 Å². The molecule has 0 aliphatic carbocycles. The van der Waals surface area contributed by atoms with Gasteiger partial charge in [0.25, 0.3) is 0 Å². The maximum atomic E-state index is 12.0. The van der Waals surface area contributed by atoms with Crippen molar-refractivity contribution in [3.05, 3.63) is 59.1 Å². The summed E-state index contributed by atoms with van der Waals surface area (Å²) in [5, 5.41) is 4.11. The Hall–Kier alpha value is -2.40. The number of benzene rings is 2. The number of nitrogens with zero attached hydrogens (tertiary/aromatic N) is 1. The number of rotatable bonds is 8. The quantitative estimate of drug-likeness (QED) is 0.613. The molecule has 5 heteroatoms. The van der Waals surface area contributed by atoms with E-state index in [4.69, 9.17) is 4.74 Å². The first kappa shape index (κ1) is 17.4. The Kier molecular flexibility index (Phi) is 6.01. The fourth-order valence-electron chi connectivity index (χ4n) is 2.72.